The van der Waals surface area contributed by atoms with E-state index in [0.717, 1.165) is 6.20 Å². The zero-order valence-corrected chi connectivity index (χ0v) is 7.51. The van der Waals surface area contributed by atoms with Crippen molar-refractivity contribution in [3.8, 4) is 0 Å². The van der Waals surface area contributed by atoms with Gasteiger partial charge in [0, 0.05) is 6.07 Å². The lowest BCUT2D eigenvalue weighted by Gasteiger charge is -1.99. The van der Waals surface area contributed by atoms with Gasteiger partial charge >= 0.3 is 0 Å². The Morgan fingerprint density at radius 1 is 1.38 bits per heavy atom. The standard InChI is InChI=1S/C8H5ClFN3/c1-4-12-6-2-5(10)3-11-7(6)8(9)13-4/h2-3H,1H3. The van der Waals surface area contributed by atoms with E-state index in [1.54, 1.807) is 6.92 Å². The summed E-state index contributed by atoms with van der Waals surface area (Å²) in [6.45, 7) is 1.69. The van der Waals surface area contributed by atoms with E-state index in [-0.39, 0.29) is 5.15 Å². The summed E-state index contributed by atoms with van der Waals surface area (Å²) < 4.78 is 12.7. The van der Waals surface area contributed by atoms with Crippen LogP contribution in [0.4, 0.5) is 4.39 Å². The predicted octanol–water partition coefficient (Wildman–Crippen LogP) is 2.13. The van der Waals surface area contributed by atoms with Crippen LogP contribution in [0.3, 0.4) is 0 Å². The highest BCUT2D eigenvalue weighted by Crippen LogP contribution is 2.17. The maximum Gasteiger partial charge on any atom is 0.159 e. The Bertz CT molecular complexity index is 467. The van der Waals surface area contributed by atoms with Crippen molar-refractivity contribution in [2.45, 2.75) is 6.92 Å². The first kappa shape index (κ1) is 8.31. The Morgan fingerprint density at radius 3 is 2.92 bits per heavy atom. The summed E-state index contributed by atoms with van der Waals surface area (Å²) in [4.78, 5) is 11.7. The maximum absolute atomic E-state index is 12.7. The van der Waals surface area contributed by atoms with Gasteiger partial charge in [-0.1, -0.05) is 11.6 Å². The Morgan fingerprint density at radius 2 is 2.15 bits per heavy atom. The van der Waals surface area contributed by atoms with Gasteiger partial charge in [-0.3, -0.25) is 0 Å². The van der Waals surface area contributed by atoms with Crippen molar-refractivity contribution < 1.29 is 4.39 Å². The number of pyridine rings is 1. The Hall–Kier alpha value is -1.29. The number of hydrogen-bond donors (Lipinski definition) is 0. The molecule has 0 radical (unpaired) electrons. The van der Waals surface area contributed by atoms with Crippen LogP contribution in [-0.2, 0) is 0 Å². The molecule has 2 heterocycles. The van der Waals surface area contributed by atoms with Crippen LogP contribution >= 0.6 is 11.6 Å². The molecule has 0 atom stereocenters. The van der Waals surface area contributed by atoms with Gasteiger partial charge in [-0.05, 0) is 6.92 Å². The summed E-state index contributed by atoms with van der Waals surface area (Å²) in [5, 5.41) is 0.252. The zero-order valence-electron chi connectivity index (χ0n) is 6.75. The van der Waals surface area contributed by atoms with Crippen molar-refractivity contribution >= 4 is 22.6 Å². The SMILES string of the molecule is Cc1nc(Cl)c2ncc(F)cc2n1. The second kappa shape index (κ2) is 2.88. The van der Waals surface area contributed by atoms with Gasteiger partial charge in [0.25, 0.3) is 0 Å². The summed E-state index contributed by atoms with van der Waals surface area (Å²) in [6, 6.07) is 1.28. The molecule has 0 aliphatic heterocycles. The molecule has 2 rings (SSSR count). The van der Waals surface area contributed by atoms with Crippen LogP contribution in [0.25, 0.3) is 11.0 Å². The van der Waals surface area contributed by atoms with Crippen molar-refractivity contribution in [1.82, 2.24) is 15.0 Å². The van der Waals surface area contributed by atoms with Gasteiger partial charge in [0.15, 0.2) is 5.15 Å². The molecule has 13 heavy (non-hydrogen) atoms. The molecule has 3 nitrogen and oxygen atoms in total. The number of fused-ring (bicyclic) bond motifs is 1. The molecule has 0 aromatic carbocycles. The van der Waals surface area contributed by atoms with Gasteiger partial charge in [-0.2, -0.15) is 0 Å². The van der Waals surface area contributed by atoms with E-state index in [0.29, 0.717) is 16.9 Å². The highest BCUT2D eigenvalue weighted by molar-refractivity contribution is 6.33. The van der Waals surface area contributed by atoms with E-state index in [1.165, 1.54) is 6.07 Å². The highest BCUT2D eigenvalue weighted by Gasteiger charge is 2.05. The van der Waals surface area contributed by atoms with Crippen molar-refractivity contribution in [3.05, 3.63) is 29.1 Å². The second-order valence-corrected chi connectivity index (χ2v) is 2.94. The molecule has 0 N–H and O–H groups in total. The monoisotopic (exact) mass is 197 g/mol. The lowest BCUT2D eigenvalue weighted by Crippen LogP contribution is -1.93. The van der Waals surface area contributed by atoms with E-state index >= 15 is 0 Å². The molecule has 2 aromatic rings. The predicted molar refractivity (Wildman–Crippen MR) is 47.0 cm³/mol. The van der Waals surface area contributed by atoms with Crippen LogP contribution in [0.15, 0.2) is 12.3 Å². The summed E-state index contributed by atoms with van der Waals surface area (Å²) in [7, 11) is 0. The molecule has 5 heteroatoms. The van der Waals surface area contributed by atoms with Gasteiger partial charge in [0.2, 0.25) is 0 Å². The van der Waals surface area contributed by atoms with Crippen molar-refractivity contribution in [2.75, 3.05) is 0 Å². The topological polar surface area (TPSA) is 38.7 Å². The number of aromatic nitrogens is 3. The highest BCUT2D eigenvalue weighted by atomic mass is 35.5. The molecule has 0 amide bonds. The molecular formula is C8H5ClFN3. The Balaban J connectivity index is 2.86. The zero-order chi connectivity index (χ0) is 9.42. The first-order chi connectivity index (χ1) is 6.16. The summed E-state index contributed by atoms with van der Waals surface area (Å²) in [5.41, 5.74) is 0.853. The molecule has 0 aliphatic rings. The number of hydrogen-bond acceptors (Lipinski definition) is 3. The van der Waals surface area contributed by atoms with Crippen LogP contribution in [0.5, 0.6) is 0 Å². The average molecular weight is 198 g/mol. The minimum Gasteiger partial charge on any atom is -0.248 e. The van der Waals surface area contributed by atoms with Gasteiger partial charge in [-0.15, -0.1) is 0 Å². The Kier molecular flexibility index (Phi) is 1.84. The largest absolute Gasteiger partial charge is 0.248 e. The summed E-state index contributed by atoms with van der Waals surface area (Å²) >= 11 is 5.78. The number of aryl methyl sites for hydroxylation is 1. The normalized spacial score (nSPS) is 10.7. The first-order valence-electron chi connectivity index (χ1n) is 3.62. The molecule has 0 aliphatic carbocycles. The van der Waals surface area contributed by atoms with E-state index in [1.807, 2.05) is 0 Å². The van der Waals surface area contributed by atoms with E-state index in [2.05, 4.69) is 15.0 Å². The van der Waals surface area contributed by atoms with E-state index in [4.69, 9.17) is 11.6 Å². The number of rotatable bonds is 0. The van der Waals surface area contributed by atoms with Gasteiger partial charge in [0.1, 0.15) is 17.2 Å². The van der Waals surface area contributed by atoms with Crippen LogP contribution in [-0.4, -0.2) is 15.0 Å². The Labute approximate surface area is 78.6 Å². The fraction of sp³-hybridized carbons (Fsp3) is 0.125. The molecule has 0 unspecified atom stereocenters. The minimum atomic E-state index is -0.429. The third-order valence-electron chi connectivity index (χ3n) is 1.57. The maximum atomic E-state index is 12.7. The number of nitrogens with zero attached hydrogens (tertiary/aromatic N) is 3. The van der Waals surface area contributed by atoms with Crippen LogP contribution in [0, 0.1) is 12.7 Å². The van der Waals surface area contributed by atoms with Crippen LogP contribution in [0.2, 0.25) is 5.15 Å². The van der Waals surface area contributed by atoms with Crippen molar-refractivity contribution in [1.29, 1.82) is 0 Å². The second-order valence-electron chi connectivity index (χ2n) is 2.58. The first-order valence-corrected chi connectivity index (χ1v) is 4.00. The number of halogens is 2. The molecule has 0 saturated carbocycles. The van der Waals surface area contributed by atoms with E-state index < -0.39 is 5.82 Å². The molecule has 2 aromatic heterocycles. The quantitative estimate of drug-likeness (QED) is 0.608. The molecule has 0 bridgehead atoms. The molecule has 66 valence electrons. The van der Waals surface area contributed by atoms with Crippen molar-refractivity contribution in [3.63, 3.8) is 0 Å². The van der Waals surface area contributed by atoms with Gasteiger partial charge in [-0.25, -0.2) is 19.3 Å². The third kappa shape index (κ3) is 1.45. The third-order valence-corrected chi connectivity index (χ3v) is 1.84. The average Bonchev–Trinajstić information content (AvgIpc) is 2.02. The lowest BCUT2D eigenvalue weighted by atomic mass is 10.3. The van der Waals surface area contributed by atoms with Crippen LogP contribution < -0.4 is 0 Å². The fourth-order valence-corrected chi connectivity index (χ4v) is 1.34. The van der Waals surface area contributed by atoms with E-state index in [9.17, 15) is 4.39 Å². The minimum absolute atomic E-state index is 0.252. The summed E-state index contributed by atoms with van der Waals surface area (Å²) in [5.74, 6) is 0.0755. The molecule has 0 saturated heterocycles. The van der Waals surface area contributed by atoms with Crippen molar-refractivity contribution in [2.24, 2.45) is 0 Å². The lowest BCUT2D eigenvalue weighted by molar-refractivity contribution is 0.623. The molecular weight excluding hydrogens is 193 g/mol. The fourth-order valence-electron chi connectivity index (χ4n) is 1.07. The van der Waals surface area contributed by atoms with Gasteiger partial charge in [0.05, 0.1) is 11.7 Å². The summed E-state index contributed by atoms with van der Waals surface area (Å²) in [6.07, 6.45) is 1.09. The smallest absolute Gasteiger partial charge is 0.159 e. The van der Waals surface area contributed by atoms with Gasteiger partial charge < -0.3 is 0 Å². The molecule has 0 fully saturated rings. The molecule has 0 spiro atoms. The van der Waals surface area contributed by atoms with Crippen LogP contribution in [0.1, 0.15) is 5.82 Å².